The molecule has 0 unspecified atom stereocenters. The number of amides is 1. The summed E-state index contributed by atoms with van der Waals surface area (Å²) in [5.41, 5.74) is -4.45. The van der Waals surface area contributed by atoms with E-state index in [4.69, 9.17) is 0 Å². The van der Waals surface area contributed by atoms with Crippen LogP contribution in [0.5, 0.6) is 0 Å². The number of halogens is 6. The Morgan fingerprint density at radius 2 is 1.62 bits per heavy atom. The number of carbonyl (C=O) groups is 1. The molecular weight excluding hydrogens is 446 g/mol. The minimum atomic E-state index is -5.09. The van der Waals surface area contributed by atoms with E-state index in [9.17, 15) is 35.9 Å². The molecule has 1 atom stereocenters. The highest BCUT2D eigenvalue weighted by molar-refractivity contribution is 5.94. The van der Waals surface area contributed by atoms with Gasteiger partial charge in [-0.05, 0) is 31.2 Å². The van der Waals surface area contributed by atoms with Crippen LogP contribution in [0.2, 0.25) is 0 Å². The van der Waals surface area contributed by atoms with Gasteiger partial charge < -0.3 is 5.32 Å². The summed E-state index contributed by atoms with van der Waals surface area (Å²) < 4.78 is 80.4. The van der Waals surface area contributed by atoms with E-state index in [2.05, 4.69) is 20.5 Å². The van der Waals surface area contributed by atoms with E-state index in [1.807, 2.05) is 0 Å². The fraction of sp³-hybridized carbons (Fsp3) is 0.278. The van der Waals surface area contributed by atoms with Crippen LogP contribution in [0.4, 0.5) is 26.3 Å². The van der Waals surface area contributed by atoms with Crippen LogP contribution in [0.3, 0.4) is 0 Å². The van der Waals surface area contributed by atoms with Crippen molar-refractivity contribution in [1.82, 2.24) is 29.9 Å². The molecule has 2 heterocycles. The Kier molecular flexibility index (Phi) is 5.80. The molecule has 3 aromatic rings. The van der Waals surface area contributed by atoms with Crippen LogP contribution in [-0.2, 0) is 19.4 Å². The van der Waals surface area contributed by atoms with Gasteiger partial charge in [-0.3, -0.25) is 9.59 Å². The molecule has 32 heavy (non-hydrogen) atoms. The topological polar surface area (TPSA) is 94.7 Å². The first-order chi connectivity index (χ1) is 14.8. The molecule has 0 fully saturated rings. The second kappa shape index (κ2) is 8.09. The van der Waals surface area contributed by atoms with Gasteiger partial charge in [0.05, 0.1) is 17.2 Å². The number of aryl methyl sites for hydroxylation is 1. The maximum absolute atomic E-state index is 13.0. The zero-order valence-electron chi connectivity index (χ0n) is 16.4. The van der Waals surface area contributed by atoms with Crippen molar-refractivity contribution < 1.29 is 31.1 Å². The standard InChI is InChI=1S/C18H14F6N6O2/c1-9(15-25-8-26-30(15)13-3-4-14(31)29(2)28-13)27-16(32)10-5-11(17(19,20)21)7-12(6-10)18(22,23)24/h3-9H,1-2H3,(H,27,32)/t9-/m0/s1. The van der Waals surface area contributed by atoms with E-state index in [1.165, 1.54) is 26.1 Å². The smallest absolute Gasteiger partial charge is 0.342 e. The molecule has 14 heteroatoms. The van der Waals surface area contributed by atoms with Gasteiger partial charge in [-0.1, -0.05) is 0 Å². The molecule has 0 spiro atoms. The van der Waals surface area contributed by atoms with Crippen molar-refractivity contribution in [2.24, 2.45) is 7.05 Å². The van der Waals surface area contributed by atoms with E-state index >= 15 is 0 Å². The zero-order chi connectivity index (χ0) is 23.8. The SMILES string of the molecule is C[C@H](NC(=O)c1cc(C(F)(F)F)cc(C(F)(F)F)c1)c1ncnn1-c1ccc(=O)n(C)n1. The van der Waals surface area contributed by atoms with Gasteiger partial charge in [0.25, 0.3) is 11.5 Å². The first kappa shape index (κ1) is 23.0. The zero-order valence-corrected chi connectivity index (χ0v) is 16.4. The first-order valence-corrected chi connectivity index (χ1v) is 8.82. The summed E-state index contributed by atoms with van der Waals surface area (Å²) in [5.74, 6) is -0.955. The number of carbonyl (C=O) groups excluding carboxylic acids is 1. The van der Waals surface area contributed by atoms with Crippen molar-refractivity contribution in [2.75, 3.05) is 0 Å². The number of rotatable bonds is 4. The van der Waals surface area contributed by atoms with Gasteiger partial charge in [0.1, 0.15) is 6.33 Å². The lowest BCUT2D eigenvalue weighted by atomic mass is 10.0. The van der Waals surface area contributed by atoms with Crippen LogP contribution < -0.4 is 10.9 Å². The molecule has 0 aliphatic rings. The van der Waals surface area contributed by atoms with E-state index in [0.717, 1.165) is 15.7 Å². The molecule has 0 bridgehead atoms. The highest BCUT2D eigenvalue weighted by atomic mass is 19.4. The summed E-state index contributed by atoms with van der Waals surface area (Å²) in [6, 6.07) is 2.14. The molecule has 1 aromatic carbocycles. The Morgan fingerprint density at radius 3 is 2.16 bits per heavy atom. The highest BCUT2D eigenvalue weighted by Crippen LogP contribution is 2.36. The van der Waals surface area contributed by atoms with Crippen molar-refractivity contribution in [3.8, 4) is 5.82 Å². The lowest BCUT2D eigenvalue weighted by molar-refractivity contribution is -0.143. The predicted molar refractivity (Wildman–Crippen MR) is 96.7 cm³/mol. The van der Waals surface area contributed by atoms with Gasteiger partial charge >= 0.3 is 12.4 Å². The highest BCUT2D eigenvalue weighted by Gasteiger charge is 2.37. The van der Waals surface area contributed by atoms with E-state index in [-0.39, 0.29) is 17.7 Å². The average Bonchev–Trinajstić information content (AvgIpc) is 3.18. The quantitative estimate of drug-likeness (QED) is 0.605. The summed E-state index contributed by atoms with van der Waals surface area (Å²) in [6.45, 7) is 1.40. The summed E-state index contributed by atoms with van der Waals surface area (Å²) in [4.78, 5) is 27.9. The number of nitrogens with one attached hydrogen (secondary N) is 1. The second-order valence-electron chi connectivity index (χ2n) is 6.67. The van der Waals surface area contributed by atoms with Crippen molar-refractivity contribution in [1.29, 1.82) is 0 Å². The number of nitrogens with zero attached hydrogens (tertiary/aromatic N) is 5. The molecule has 2 aromatic heterocycles. The van der Waals surface area contributed by atoms with Crippen LogP contribution in [-0.4, -0.2) is 30.5 Å². The Balaban J connectivity index is 1.92. The average molecular weight is 460 g/mol. The number of hydrogen-bond acceptors (Lipinski definition) is 5. The molecule has 0 saturated heterocycles. The molecule has 0 radical (unpaired) electrons. The molecule has 0 aliphatic carbocycles. The molecule has 170 valence electrons. The number of alkyl halides is 6. The number of aromatic nitrogens is 5. The van der Waals surface area contributed by atoms with Gasteiger partial charge in [-0.15, -0.1) is 5.10 Å². The van der Waals surface area contributed by atoms with Gasteiger partial charge in [-0.25, -0.2) is 9.67 Å². The van der Waals surface area contributed by atoms with Crippen molar-refractivity contribution in [2.45, 2.75) is 25.3 Å². The Bertz CT molecular complexity index is 1180. The lowest BCUT2D eigenvalue weighted by Crippen LogP contribution is -2.30. The predicted octanol–water partition coefficient (Wildman–Crippen LogP) is 2.89. The Hall–Kier alpha value is -3.71. The second-order valence-corrected chi connectivity index (χ2v) is 6.67. The maximum atomic E-state index is 13.0. The third kappa shape index (κ3) is 4.78. The third-order valence-electron chi connectivity index (χ3n) is 4.32. The molecule has 8 nitrogen and oxygen atoms in total. The van der Waals surface area contributed by atoms with Crippen LogP contribution >= 0.6 is 0 Å². The molecular formula is C18H14F6N6O2. The van der Waals surface area contributed by atoms with Gasteiger partial charge in [0, 0.05) is 18.7 Å². The summed E-state index contributed by atoms with van der Waals surface area (Å²) in [7, 11) is 1.39. The number of hydrogen-bond donors (Lipinski definition) is 1. The molecule has 0 saturated carbocycles. The lowest BCUT2D eigenvalue weighted by Gasteiger charge is -2.17. The van der Waals surface area contributed by atoms with Gasteiger partial charge in [0.2, 0.25) is 0 Å². The van der Waals surface area contributed by atoms with Crippen LogP contribution in [0, 0.1) is 0 Å². The van der Waals surface area contributed by atoms with Crippen LogP contribution in [0.1, 0.15) is 40.3 Å². The van der Waals surface area contributed by atoms with Gasteiger partial charge in [-0.2, -0.15) is 36.1 Å². The Labute approximate surface area is 175 Å². The summed E-state index contributed by atoms with van der Waals surface area (Å²) in [6.07, 6.45) is -9.06. The fourth-order valence-corrected chi connectivity index (χ4v) is 2.76. The maximum Gasteiger partial charge on any atom is 0.416 e. The van der Waals surface area contributed by atoms with Crippen molar-refractivity contribution >= 4 is 5.91 Å². The van der Waals surface area contributed by atoms with E-state index in [0.29, 0.717) is 12.1 Å². The molecule has 1 N–H and O–H groups in total. The normalized spacial score (nSPS) is 13.1. The first-order valence-electron chi connectivity index (χ1n) is 8.82. The fourth-order valence-electron chi connectivity index (χ4n) is 2.76. The molecule has 3 rings (SSSR count). The summed E-state index contributed by atoms with van der Waals surface area (Å²) in [5, 5.41) is 10.2. The molecule has 0 aliphatic heterocycles. The largest absolute Gasteiger partial charge is 0.416 e. The van der Waals surface area contributed by atoms with E-state index < -0.39 is 46.6 Å². The molecule has 1 amide bonds. The van der Waals surface area contributed by atoms with Crippen molar-refractivity contribution in [3.63, 3.8) is 0 Å². The minimum Gasteiger partial charge on any atom is -0.342 e. The number of benzene rings is 1. The van der Waals surface area contributed by atoms with Crippen LogP contribution in [0.15, 0.2) is 41.5 Å². The third-order valence-corrected chi connectivity index (χ3v) is 4.32. The van der Waals surface area contributed by atoms with Gasteiger partial charge in [0.15, 0.2) is 11.6 Å². The monoisotopic (exact) mass is 460 g/mol. The van der Waals surface area contributed by atoms with Crippen LogP contribution in [0.25, 0.3) is 5.82 Å². The minimum absolute atomic E-state index is 0.0673. The van der Waals surface area contributed by atoms with E-state index in [1.54, 1.807) is 0 Å². The Morgan fingerprint density at radius 1 is 1.03 bits per heavy atom. The van der Waals surface area contributed by atoms with Crippen molar-refractivity contribution in [3.05, 3.63) is 69.5 Å². The summed E-state index contributed by atoms with van der Waals surface area (Å²) >= 11 is 0.